The Hall–Kier alpha value is -1.64. The van der Waals surface area contributed by atoms with Gasteiger partial charge in [0, 0.05) is 10.8 Å². The van der Waals surface area contributed by atoms with Gasteiger partial charge in [0.25, 0.3) is 0 Å². The highest BCUT2D eigenvalue weighted by molar-refractivity contribution is 5.29. The first kappa shape index (κ1) is 9.58. The maximum atomic E-state index is 11.1. The molecule has 0 amide bonds. The smallest absolute Gasteiger partial charge is 0.226 e. The molecule has 1 aromatic carbocycles. The van der Waals surface area contributed by atoms with Gasteiger partial charge in [-0.15, -0.1) is 0 Å². The van der Waals surface area contributed by atoms with Gasteiger partial charge in [0.2, 0.25) is 6.04 Å². The van der Waals surface area contributed by atoms with Crippen LogP contribution in [-0.2, 0) is 0 Å². The Morgan fingerprint density at radius 1 is 1.12 bits per heavy atom. The fourth-order valence-electron chi connectivity index (χ4n) is 3.20. The second kappa shape index (κ2) is 3.44. The predicted octanol–water partition coefficient (Wildman–Crippen LogP) is 2.62. The van der Waals surface area contributed by atoms with Gasteiger partial charge in [-0.25, -0.2) is 0 Å². The normalized spacial score (nSPS) is 35.5. The minimum Gasteiger partial charge on any atom is -0.264 e. The molecule has 4 atom stereocenters. The Morgan fingerprint density at radius 3 is 2.50 bits per heavy atom. The summed E-state index contributed by atoms with van der Waals surface area (Å²) in [6.07, 6.45) is 5.13. The van der Waals surface area contributed by atoms with Crippen molar-refractivity contribution in [2.75, 3.05) is 0 Å². The van der Waals surface area contributed by atoms with Gasteiger partial charge in [-0.1, -0.05) is 42.5 Å². The minimum absolute atomic E-state index is 0.0752. The van der Waals surface area contributed by atoms with Gasteiger partial charge in [0.05, 0.1) is 5.92 Å². The average Bonchev–Trinajstić information content (AvgIpc) is 2.89. The number of nitrogens with zero attached hydrogens (tertiary/aromatic N) is 1. The van der Waals surface area contributed by atoms with Crippen LogP contribution in [0.25, 0.3) is 0 Å². The molecule has 0 aliphatic heterocycles. The van der Waals surface area contributed by atoms with E-state index in [4.69, 9.17) is 0 Å². The van der Waals surface area contributed by atoms with Crippen LogP contribution in [0.1, 0.15) is 17.9 Å². The van der Waals surface area contributed by atoms with Crippen molar-refractivity contribution in [2.24, 2.45) is 11.8 Å². The maximum Gasteiger partial charge on any atom is 0.226 e. The lowest BCUT2D eigenvalue weighted by molar-refractivity contribution is -0.530. The Balaban J connectivity index is 2.00. The molecule has 0 radical (unpaired) electrons. The Labute approximate surface area is 93.9 Å². The van der Waals surface area contributed by atoms with Gasteiger partial charge in [0.1, 0.15) is 0 Å². The van der Waals surface area contributed by atoms with E-state index in [9.17, 15) is 10.1 Å². The van der Waals surface area contributed by atoms with E-state index in [2.05, 4.69) is 6.08 Å². The van der Waals surface area contributed by atoms with E-state index in [-0.39, 0.29) is 16.8 Å². The molecule has 1 aromatic rings. The number of hydrogen-bond acceptors (Lipinski definition) is 2. The van der Waals surface area contributed by atoms with Crippen LogP contribution < -0.4 is 0 Å². The Kier molecular flexibility index (Phi) is 2.06. The third-order valence-electron chi connectivity index (χ3n) is 3.85. The van der Waals surface area contributed by atoms with Crippen LogP contribution in [0.2, 0.25) is 0 Å². The molecule has 0 unspecified atom stereocenters. The Morgan fingerprint density at radius 2 is 1.81 bits per heavy atom. The highest BCUT2D eigenvalue weighted by Crippen LogP contribution is 2.49. The molecule has 3 rings (SSSR count). The highest BCUT2D eigenvalue weighted by Gasteiger charge is 2.52. The third-order valence-corrected chi connectivity index (χ3v) is 3.85. The molecule has 3 nitrogen and oxygen atoms in total. The summed E-state index contributed by atoms with van der Waals surface area (Å²) in [5, 5.41) is 11.1. The van der Waals surface area contributed by atoms with E-state index in [1.807, 2.05) is 36.4 Å². The minimum atomic E-state index is -0.419. The van der Waals surface area contributed by atoms with Gasteiger partial charge >= 0.3 is 0 Å². The summed E-state index contributed by atoms with van der Waals surface area (Å²) in [6.45, 7) is 0. The van der Waals surface area contributed by atoms with Crippen LogP contribution >= 0.6 is 0 Å². The molecule has 1 fully saturated rings. The molecule has 16 heavy (non-hydrogen) atoms. The highest BCUT2D eigenvalue weighted by atomic mass is 16.6. The van der Waals surface area contributed by atoms with Gasteiger partial charge in [-0.2, -0.15) is 0 Å². The monoisotopic (exact) mass is 215 g/mol. The topological polar surface area (TPSA) is 43.1 Å². The first-order valence-electron chi connectivity index (χ1n) is 5.64. The second-order valence-electron chi connectivity index (χ2n) is 4.66. The van der Waals surface area contributed by atoms with Crippen LogP contribution in [0.15, 0.2) is 42.5 Å². The van der Waals surface area contributed by atoms with E-state index >= 15 is 0 Å². The number of fused-ring (bicyclic) bond motifs is 2. The van der Waals surface area contributed by atoms with Crippen molar-refractivity contribution in [3.63, 3.8) is 0 Å². The van der Waals surface area contributed by atoms with Gasteiger partial charge in [-0.05, 0) is 17.9 Å². The third kappa shape index (κ3) is 1.28. The summed E-state index contributed by atoms with van der Waals surface area (Å²) in [5.41, 5.74) is 1.11. The lowest BCUT2D eigenvalue weighted by Gasteiger charge is -2.21. The molecular formula is C13H13NO2. The summed E-state index contributed by atoms with van der Waals surface area (Å²) in [6, 6.07) is 9.47. The molecule has 0 spiro atoms. The van der Waals surface area contributed by atoms with Crippen molar-refractivity contribution in [3.8, 4) is 0 Å². The van der Waals surface area contributed by atoms with Crippen molar-refractivity contribution in [3.05, 3.63) is 58.2 Å². The Bertz CT molecular complexity index is 441. The van der Waals surface area contributed by atoms with Crippen molar-refractivity contribution < 1.29 is 4.92 Å². The zero-order valence-electron chi connectivity index (χ0n) is 8.82. The molecule has 3 heteroatoms. The van der Waals surface area contributed by atoms with Crippen molar-refractivity contribution in [2.45, 2.75) is 18.4 Å². The summed E-state index contributed by atoms with van der Waals surface area (Å²) in [5.74, 6) is 0.583. The summed E-state index contributed by atoms with van der Waals surface area (Å²) >= 11 is 0. The average molecular weight is 215 g/mol. The van der Waals surface area contributed by atoms with Crippen LogP contribution in [-0.4, -0.2) is 11.0 Å². The van der Waals surface area contributed by atoms with Crippen molar-refractivity contribution in [1.82, 2.24) is 0 Å². The summed E-state index contributed by atoms with van der Waals surface area (Å²) in [7, 11) is 0. The summed E-state index contributed by atoms with van der Waals surface area (Å²) in [4.78, 5) is 11.1. The first-order chi connectivity index (χ1) is 7.77. The van der Waals surface area contributed by atoms with Gasteiger partial charge < -0.3 is 0 Å². The first-order valence-corrected chi connectivity index (χ1v) is 5.64. The number of hydrogen-bond donors (Lipinski definition) is 0. The number of benzene rings is 1. The largest absolute Gasteiger partial charge is 0.264 e. The summed E-state index contributed by atoms with van der Waals surface area (Å²) < 4.78 is 0. The SMILES string of the molecule is O=[N+]([O-])[C@@H]1[C@@H](c2ccccc2)[C@H]2C=C[C@H]1C2. The molecule has 1 saturated carbocycles. The molecule has 0 heterocycles. The number of rotatable bonds is 2. The van der Waals surface area contributed by atoms with Gasteiger partial charge in [-0.3, -0.25) is 10.1 Å². The molecule has 82 valence electrons. The molecule has 0 aromatic heterocycles. The molecule has 0 N–H and O–H groups in total. The lowest BCUT2D eigenvalue weighted by atomic mass is 9.83. The molecule has 0 saturated heterocycles. The van der Waals surface area contributed by atoms with Crippen LogP contribution in [0.3, 0.4) is 0 Å². The van der Waals surface area contributed by atoms with E-state index in [0.29, 0.717) is 5.92 Å². The molecule has 2 aliphatic rings. The zero-order valence-corrected chi connectivity index (χ0v) is 8.82. The second-order valence-corrected chi connectivity index (χ2v) is 4.66. The van der Waals surface area contributed by atoms with E-state index < -0.39 is 6.04 Å². The lowest BCUT2D eigenvalue weighted by Crippen LogP contribution is -2.31. The standard InChI is InChI=1S/C13H13NO2/c15-14(16)13-11-7-6-10(8-11)12(13)9-4-2-1-3-5-9/h1-7,10-13H,8H2/t10-,11-,12-,13-/m0/s1. The van der Waals surface area contributed by atoms with E-state index in [1.165, 1.54) is 0 Å². The molecule has 2 aliphatic carbocycles. The number of allylic oxidation sites excluding steroid dienone is 1. The molecule has 2 bridgehead atoms. The van der Waals surface area contributed by atoms with Crippen LogP contribution in [0, 0.1) is 22.0 Å². The van der Waals surface area contributed by atoms with Crippen LogP contribution in [0.4, 0.5) is 0 Å². The van der Waals surface area contributed by atoms with Crippen molar-refractivity contribution in [1.29, 1.82) is 0 Å². The van der Waals surface area contributed by atoms with Gasteiger partial charge in [0.15, 0.2) is 0 Å². The van der Waals surface area contributed by atoms with Crippen LogP contribution in [0.5, 0.6) is 0 Å². The molecular weight excluding hydrogens is 202 g/mol. The van der Waals surface area contributed by atoms with E-state index in [0.717, 1.165) is 12.0 Å². The number of nitro groups is 1. The quantitative estimate of drug-likeness (QED) is 0.432. The maximum absolute atomic E-state index is 11.1. The van der Waals surface area contributed by atoms with Crippen molar-refractivity contribution >= 4 is 0 Å². The fourth-order valence-corrected chi connectivity index (χ4v) is 3.20. The van der Waals surface area contributed by atoms with E-state index in [1.54, 1.807) is 0 Å². The zero-order chi connectivity index (χ0) is 11.1. The fraction of sp³-hybridized carbons (Fsp3) is 0.385. The predicted molar refractivity (Wildman–Crippen MR) is 60.7 cm³/mol.